The minimum absolute atomic E-state index is 0.139. The Morgan fingerprint density at radius 1 is 1.12 bits per heavy atom. The van der Waals surface area contributed by atoms with Gasteiger partial charge in [-0.3, -0.25) is 0 Å². The van der Waals surface area contributed by atoms with Crippen LogP contribution >= 0.6 is 19.6 Å². The van der Waals surface area contributed by atoms with E-state index in [9.17, 15) is 22.3 Å². The summed E-state index contributed by atoms with van der Waals surface area (Å²) < 4.78 is 70.3. The summed E-state index contributed by atoms with van der Waals surface area (Å²) >= 11 is 0.930. The third-order valence-electron chi connectivity index (χ3n) is 5.55. The third-order valence-corrected chi connectivity index (χ3v) is 8.95. The van der Waals surface area contributed by atoms with Crippen LogP contribution in [-0.4, -0.2) is 34.7 Å². The number of benzene rings is 2. The monoisotopic (exact) mass is 610 g/mol. The van der Waals surface area contributed by atoms with Crippen molar-refractivity contribution in [1.82, 2.24) is 4.72 Å². The molecule has 2 unspecified atom stereocenters. The fourth-order valence-corrected chi connectivity index (χ4v) is 6.50. The van der Waals surface area contributed by atoms with Crippen LogP contribution in [0.15, 0.2) is 46.7 Å². The minimum Gasteiger partial charge on any atom is -0.566 e. The number of nitrogens with zero attached hydrogens (tertiary/aromatic N) is 1. The Kier molecular flexibility index (Phi) is 11.5. The van der Waals surface area contributed by atoms with Crippen molar-refractivity contribution < 1.29 is 36.3 Å². The number of nitriles is 1. The molecule has 214 valence electrons. The van der Waals surface area contributed by atoms with E-state index in [2.05, 4.69) is 4.72 Å². The number of nitrogens with two attached hydrogens (primary N) is 2. The van der Waals surface area contributed by atoms with Crippen LogP contribution in [0.25, 0.3) is 10.4 Å². The van der Waals surface area contributed by atoms with E-state index in [4.69, 9.17) is 30.7 Å². The van der Waals surface area contributed by atoms with Gasteiger partial charge in [-0.1, -0.05) is 6.07 Å². The molecule has 40 heavy (non-hydrogen) atoms. The fourth-order valence-electron chi connectivity index (χ4n) is 3.58. The van der Waals surface area contributed by atoms with Gasteiger partial charge in [-0.25, -0.2) is 12.8 Å². The number of thiophene rings is 1. The molecule has 0 saturated heterocycles. The van der Waals surface area contributed by atoms with E-state index in [-0.39, 0.29) is 15.3 Å². The van der Waals surface area contributed by atoms with Gasteiger partial charge in [-0.05, 0) is 79.4 Å². The Bertz CT molecular complexity index is 1490. The maximum Gasteiger partial charge on any atom is 0.490 e. The average molecular weight is 611 g/mol. The number of hydrogen-bond acceptors (Lipinski definition) is 11. The zero-order chi connectivity index (χ0) is 29.3. The second-order valence-corrected chi connectivity index (χ2v) is 12.0. The Hall–Kier alpha value is -2.99. The molecule has 2 aromatic carbocycles. The van der Waals surface area contributed by atoms with Crippen molar-refractivity contribution in [2.45, 2.75) is 30.2 Å². The molecule has 3 rings (SSSR count). The summed E-state index contributed by atoms with van der Waals surface area (Å²) in [4.78, 5) is 11.9. The average Bonchev–Trinajstić information content (AvgIpc) is 3.41. The lowest BCUT2D eigenvalue weighted by atomic mass is 10.1. The Balaban J connectivity index is 1.92. The van der Waals surface area contributed by atoms with Crippen molar-refractivity contribution in [2.24, 2.45) is 11.5 Å². The van der Waals surface area contributed by atoms with Crippen molar-refractivity contribution in [2.75, 3.05) is 26.3 Å². The summed E-state index contributed by atoms with van der Waals surface area (Å²) in [5, 5.41) is 8.93. The normalized spacial score (nSPS) is 12.6. The fraction of sp³-hybridized carbons (Fsp3) is 0.320. The largest absolute Gasteiger partial charge is 0.566 e. The first-order valence-corrected chi connectivity index (χ1v) is 15.4. The van der Waals surface area contributed by atoms with Crippen LogP contribution in [0.5, 0.6) is 11.5 Å². The lowest BCUT2D eigenvalue weighted by Gasteiger charge is -2.17. The number of nitrogens with one attached hydrogen (secondary N) is 1. The molecule has 0 saturated carbocycles. The van der Waals surface area contributed by atoms with Crippen molar-refractivity contribution in [1.29, 1.82) is 5.26 Å². The first kappa shape index (κ1) is 31.5. The molecule has 11 nitrogen and oxygen atoms in total. The molecule has 0 aliphatic heterocycles. The van der Waals surface area contributed by atoms with E-state index >= 15 is 0 Å². The van der Waals surface area contributed by atoms with Crippen molar-refractivity contribution in [3.05, 3.63) is 65.0 Å². The molecule has 0 spiro atoms. The van der Waals surface area contributed by atoms with Gasteiger partial charge < -0.3 is 25.8 Å². The van der Waals surface area contributed by atoms with Crippen LogP contribution in [0.4, 0.5) is 4.39 Å². The van der Waals surface area contributed by atoms with Crippen molar-refractivity contribution >= 4 is 29.6 Å². The van der Waals surface area contributed by atoms with Gasteiger partial charge in [0.2, 0.25) is 6.23 Å². The minimum atomic E-state index is -4.33. The molecule has 0 aliphatic carbocycles. The van der Waals surface area contributed by atoms with Gasteiger partial charge in [-0.2, -0.15) is 9.98 Å². The highest BCUT2D eigenvalue weighted by molar-refractivity contribution is 7.91. The first-order valence-electron chi connectivity index (χ1n) is 12.0. The van der Waals surface area contributed by atoms with E-state index < -0.39 is 30.3 Å². The lowest BCUT2D eigenvalue weighted by molar-refractivity contribution is -0.190. The van der Waals surface area contributed by atoms with Crippen LogP contribution in [0, 0.1) is 24.1 Å². The van der Waals surface area contributed by atoms with Crippen LogP contribution in [-0.2, 0) is 19.1 Å². The number of sulfonamides is 1. The summed E-state index contributed by atoms with van der Waals surface area (Å²) in [7, 11) is -7.84. The van der Waals surface area contributed by atoms with Crippen molar-refractivity contribution in [3.8, 4) is 28.0 Å². The summed E-state index contributed by atoms with van der Waals surface area (Å²) in [6.07, 6.45) is -0.476. The summed E-state index contributed by atoms with van der Waals surface area (Å²) in [5.74, 6) is 0.0800. The summed E-state index contributed by atoms with van der Waals surface area (Å²) in [6, 6.07) is 11.2. The number of rotatable bonds is 15. The standard InChI is InChI=1S/C25H28FN4O7PS2/c1-16-19(6-7-21(35-12-2-10-27)24(16)36-13-3-11-28)22-8-9-23(39-22)40(33,34)30-25(37-38(31)32)17-4-5-18(15-29)20(26)14-17/h4-9,14,25,30H,2-3,10-13,27-28H2,1H3. The zero-order valence-corrected chi connectivity index (χ0v) is 24.0. The van der Waals surface area contributed by atoms with Gasteiger partial charge in [-0.15, -0.1) is 15.9 Å². The zero-order valence-electron chi connectivity index (χ0n) is 21.5. The second kappa shape index (κ2) is 14.6. The molecule has 1 aromatic heterocycles. The lowest BCUT2D eigenvalue weighted by Crippen LogP contribution is -2.29. The predicted molar refractivity (Wildman–Crippen MR) is 146 cm³/mol. The highest BCUT2D eigenvalue weighted by Crippen LogP contribution is 2.41. The van der Waals surface area contributed by atoms with E-state index in [1.807, 2.05) is 6.92 Å². The van der Waals surface area contributed by atoms with Crippen LogP contribution in [0.2, 0.25) is 0 Å². The van der Waals surface area contributed by atoms with Gasteiger partial charge in [0.05, 0.1) is 18.8 Å². The van der Waals surface area contributed by atoms with Crippen molar-refractivity contribution in [3.63, 3.8) is 0 Å². The molecule has 0 aliphatic rings. The summed E-state index contributed by atoms with van der Waals surface area (Å²) in [5.41, 5.74) is 12.1. The molecule has 0 amide bonds. The molecule has 0 radical (unpaired) electrons. The van der Waals surface area contributed by atoms with E-state index in [0.29, 0.717) is 61.1 Å². The molecule has 3 aromatic rings. The van der Waals surface area contributed by atoms with E-state index in [1.54, 1.807) is 24.3 Å². The summed E-state index contributed by atoms with van der Waals surface area (Å²) in [6.45, 7) is 3.50. The van der Waals surface area contributed by atoms with Gasteiger partial charge in [0, 0.05) is 16.0 Å². The molecular weight excluding hydrogens is 582 g/mol. The predicted octanol–water partition coefficient (Wildman–Crippen LogP) is 3.20. The van der Waals surface area contributed by atoms with E-state index in [0.717, 1.165) is 29.0 Å². The molecule has 15 heteroatoms. The molecule has 1 heterocycles. The highest BCUT2D eigenvalue weighted by Gasteiger charge is 2.29. The number of ether oxygens (including phenoxy) is 2. The molecule has 2 atom stereocenters. The van der Waals surface area contributed by atoms with Crippen LogP contribution in [0.1, 0.15) is 35.8 Å². The van der Waals surface area contributed by atoms with Gasteiger partial charge in [0.1, 0.15) is 16.1 Å². The Morgan fingerprint density at radius 3 is 2.45 bits per heavy atom. The first-order chi connectivity index (χ1) is 19.1. The van der Waals surface area contributed by atoms with Crippen LogP contribution in [0.3, 0.4) is 0 Å². The van der Waals surface area contributed by atoms with Gasteiger partial charge >= 0.3 is 8.25 Å². The smallest absolute Gasteiger partial charge is 0.490 e. The topological polar surface area (TPSA) is 190 Å². The van der Waals surface area contributed by atoms with Gasteiger partial charge in [0.25, 0.3) is 10.0 Å². The number of halogens is 1. The second-order valence-electron chi connectivity index (χ2n) is 8.35. The quantitative estimate of drug-likeness (QED) is 0.131. The van der Waals surface area contributed by atoms with Crippen LogP contribution < -0.4 is 30.6 Å². The highest BCUT2D eigenvalue weighted by atomic mass is 32.2. The third kappa shape index (κ3) is 8.03. The number of hydrogen-bond donors (Lipinski definition) is 3. The maximum atomic E-state index is 14.1. The Morgan fingerprint density at radius 2 is 1.82 bits per heavy atom. The molecule has 0 fully saturated rings. The SMILES string of the molecule is Cc1c(-c2ccc(S(=O)(=O)NC(O[P+](=O)[O-])c3ccc(C#N)c(F)c3)s2)ccc(OCCCN)c1OCCCN. The Labute approximate surface area is 236 Å². The molecule has 0 bridgehead atoms. The van der Waals surface area contributed by atoms with Gasteiger partial charge in [0.15, 0.2) is 11.5 Å². The molecular formula is C25H28FN4O7PS2. The maximum absolute atomic E-state index is 14.1. The van der Waals surface area contributed by atoms with E-state index in [1.165, 1.54) is 12.1 Å². The molecule has 5 N–H and O–H groups in total.